The molecule has 1 N–H and O–H groups in total. The Hall–Kier alpha value is 0.490. The van der Waals surface area contributed by atoms with E-state index in [1.54, 1.807) is 0 Å². The van der Waals surface area contributed by atoms with Crippen molar-refractivity contribution in [2.45, 2.75) is 58.5 Å². The van der Waals surface area contributed by atoms with Gasteiger partial charge in [0, 0.05) is 0 Å². The van der Waals surface area contributed by atoms with Crippen LogP contribution in [-0.4, -0.2) is 21.9 Å². The third kappa shape index (κ3) is 8.81. The van der Waals surface area contributed by atoms with Crippen LogP contribution in [0.1, 0.15) is 41.5 Å². The minimum absolute atomic E-state index is 0.262. The highest BCUT2D eigenvalue weighted by Crippen LogP contribution is 2.49. The molecule has 0 aromatic carbocycles. The van der Waals surface area contributed by atoms with Gasteiger partial charge in [-0.3, -0.25) is 0 Å². The Morgan fingerprint density at radius 3 is 1.08 bits per heavy atom. The monoisotopic (exact) mass is 224 g/mol. The van der Waals surface area contributed by atoms with Crippen molar-refractivity contribution >= 4 is 16.6 Å². The van der Waals surface area contributed by atoms with Gasteiger partial charge >= 0.3 is 8.69 Å². The van der Waals surface area contributed by atoms with Crippen molar-refractivity contribution in [2.24, 2.45) is 0 Å². The topological polar surface area (TPSA) is 37.3 Å². The fourth-order valence-electron chi connectivity index (χ4n) is 1.79. The van der Waals surface area contributed by atoms with Crippen LogP contribution in [0.25, 0.3) is 0 Å². The maximum atomic E-state index is 8.46. The van der Waals surface area contributed by atoms with E-state index in [0.717, 1.165) is 17.0 Å². The van der Waals surface area contributed by atoms with Crippen LogP contribution in [0.2, 0.25) is 0 Å². The van der Waals surface area contributed by atoms with Crippen LogP contribution in [-0.2, 0) is 4.57 Å². The second-order valence-corrected chi connectivity index (χ2v) is 7.97. The average Bonchev–Trinajstić information content (AvgIpc) is 1.84. The normalized spacial score (nSPS) is 11.3. The quantitative estimate of drug-likeness (QED) is 0.738. The van der Waals surface area contributed by atoms with Gasteiger partial charge in [0.15, 0.2) is 0 Å². The van der Waals surface area contributed by atoms with Crippen LogP contribution in [0.15, 0.2) is 0 Å². The lowest BCUT2D eigenvalue weighted by molar-refractivity contribution is 0.524. The predicted molar refractivity (Wildman–Crippen MR) is 62.2 cm³/mol. The lowest BCUT2D eigenvalue weighted by Gasteiger charge is -2.29. The highest BCUT2D eigenvalue weighted by Gasteiger charge is 2.19. The van der Waals surface area contributed by atoms with E-state index in [9.17, 15) is 0 Å². The summed E-state index contributed by atoms with van der Waals surface area (Å²) in [5, 5.41) is 0. The first-order valence-electron chi connectivity index (χ1n) is 4.62. The minimum Gasteiger partial charge on any atom is -0.310 e. The summed E-state index contributed by atoms with van der Waals surface area (Å²) in [5.74, 6) is 0. The molecule has 0 atom stereocenters. The summed E-state index contributed by atoms with van der Waals surface area (Å²) in [6.45, 7) is 14.1. The molecule has 0 radical (unpaired) electrons. The molecule has 80 valence electrons. The van der Waals surface area contributed by atoms with Crippen molar-refractivity contribution in [1.29, 1.82) is 0 Å². The SMILES string of the molecule is CC(C)P(C(C)C)C(C)C.O=PO. The standard InChI is InChI=1S/C9H21P.HO2P/c1-7(2)10(8(3)4)9(5)6;1-3-2/h7-9H,1-6H3;(H,1,2). The van der Waals surface area contributed by atoms with Crippen molar-refractivity contribution in [3.63, 3.8) is 0 Å². The van der Waals surface area contributed by atoms with Crippen molar-refractivity contribution < 1.29 is 9.46 Å². The molecule has 0 aliphatic heterocycles. The molecule has 0 aliphatic rings. The maximum Gasteiger partial charge on any atom is 0.324 e. The molecule has 0 heterocycles. The summed E-state index contributed by atoms with van der Waals surface area (Å²) in [4.78, 5) is 6.99. The molecule has 0 saturated carbocycles. The number of rotatable bonds is 3. The molecule has 0 aromatic heterocycles. The molecule has 0 spiro atoms. The van der Waals surface area contributed by atoms with Gasteiger partial charge in [-0.2, -0.15) is 0 Å². The average molecular weight is 224 g/mol. The van der Waals surface area contributed by atoms with Gasteiger partial charge in [0.1, 0.15) is 0 Å². The maximum absolute atomic E-state index is 8.46. The fourth-order valence-corrected chi connectivity index (χ4v) is 5.37. The van der Waals surface area contributed by atoms with Crippen LogP contribution in [0.5, 0.6) is 0 Å². The van der Waals surface area contributed by atoms with Crippen LogP contribution >= 0.6 is 16.6 Å². The van der Waals surface area contributed by atoms with Crippen molar-refractivity contribution in [1.82, 2.24) is 0 Å². The van der Waals surface area contributed by atoms with Crippen molar-refractivity contribution in [2.75, 3.05) is 0 Å². The summed E-state index contributed by atoms with van der Waals surface area (Å²) in [6.07, 6.45) is 0. The Labute approximate surface area is 85.2 Å². The van der Waals surface area contributed by atoms with E-state index >= 15 is 0 Å². The number of hydrogen-bond acceptors (Lipinski definition) is 1. The smallest absolute Gasteiger partial charge is 0.310 e. The molecule has 13 heavy (non-hydrogen) atoms. The molecule has 0 aromatic rings. The Kier molecular flexibility index (Phi) is 11.1. The summed E-state index contributed by atoms with van der Waals surface area (Å²) < 4.78 is 8.46. The van der Waals surface area contributed by atoms with E-state index in [1.807, 2.05) is 0 Å². The van der Waals surface area contributed by atoms with Gasteiger partial charge in [0.25, 0.3) is 0 Å². The molecule has 2 nitrogen and oxygen atoms in total. The lowest BCUT2D eigenvalue weighted by Crippen LogP contribution is -2.10. The first-order chi connectivity index (χ1) is 5.88. The van der Waals surface area contributed by atoms with Crippen LogP contribution in [0.4, 0.5) is 0 Å². The Morgan fingerprint density at radius 2 is 1.08 bits per heavy atom. The second kappa shape index (κ2) is 9.06. The van der Waals surface area contributed by atoms with Gasteiger partial charge in [-0.05, 0) is 17.0 Å². The zero-order chi connectivity index (χ0) is 11.0. The highest BCUT2D eigenvalue weighted by molar-refractivity contribution is 7.59. The molecule has 0 saturated heterocycles. The Balaban J connectivity index is 0. The van der Waals surface area contributed by atoms with Crippen molar-refractivity contribution in [3.05, 3.63) is 0 Å². The molecule has 0 rings (SSSR count). The van der Waals surface area contributed by atoms with Crippen molar-refractivity contribution in [3.8, 4) is 0 Å². The summed E-state index contributed by atoms with van der Waals surface area (Å²) in [5.41, 5.74) is 2.69. The van der Waals surface area contributed by atoms with E-state index in [-0.39, 0.29) is 7.92 Å². The highest BCUT2D eigenvalue weighted by atomic mass is 31.1. The van der Waals surface area contributed by atoms with Crippen LogP contribution < -0.4 is 0 Å². The molecule has 0 unspecified atom stereocenters. The second-order valence-electron chi connectivity index (χ2n) is 3.81. The third-order valence-electron chi connectivity index (χ3n) is 1.79. The van der Waals surface area contributed by atoms with Gasteiger partial charge in [-0.25, -0.2) is 4.57 Å². The third-order valence-corrected chi connectivity index (χ3v) is 5.37. The molecular weight excluding hydrogens is 202 g/mol. The number of hydrogen-bond donors (Lipinski definition) is 1. The van der Waals surface area contributed by atoms with Gasteiger partial charge in [-0.1, -0.05) is 49.5 Å². The fraction of sp³-hybridized carbons (Fsp3) is 1.00. The lowest BCUT2D eigenvalue weighted by atomic mass is 10.5. The first-order valence-corrected chi connectivity index (χ1v) is 6.94. The molecular formula is C9H22O2P2. The van der Waals surface area contributed by atoms with Gasteiger partial charge in [0.05, 0.1) is 0 Å². The van der Waals surface area contributed by atoms with Gasteiger partial charge < -0.3 is 4.89 Å². The van der Waals surface area contributed by atoms with E-state index in [0.29, 0.717) is 0 Å². The van der Waals surface area contributed by atoms with E-state index in [4.69, 9.17) is 9.46 Å². The molecule has 0 aliphatic carbocycles. The van der Waals surface area contributed by atoms with Gasteiger partial charge in [-0.15, -0.1) is 0 Å². The largest absolute Gasteiger partial charge is 0.324 e. The summed E-state index contributed by atoms with van der Waals surface area (Å²) >= 11 is 0. The Bertz CT molecular complexity index is 106. The first kappa shape index (κ1) is 15.9. The van der Waals surface area contributed by atoms with Crippen LogP contribution in [0.3, 0.4) is 0 Å². The van der Waals surface area contributed by atoms with E-state index in [1.165, 1.54) is 0 Å². The summed E-state index contributed by atoms with van der Waals surface area (Å²) in [7, 11) is -0.571. The van der Waals surface area contributed by atoms with Crippen LogP contribution in [0, 0.1) is 0 Å². The zero-order valence-corrected chi connectivity index (χ0v) is 11.3. The van der Waals surface area contributed by atoms with E-state index < -0.39 is 8.69 Å². The molecule has 0 fully saturated rings. The zero-order valence-electron chi connectivity index (χ0n) is 9.48. The molecule has 4 heteroatoms. The molecule has 0 bridgehead atoms. The predicted octanol–water partition coefficient (Wildman–Crippen LogP) is 3.88. The van der Waals surface area contributed by atoms with Gasteiger partial charge in [0.2, 0.25) is 0 Å². The van der Waals surface area contributed by atoms with E-state index in [2.05, 4.69) is 41.5 Å². The minimum atomic E-state index is -0.833. The molecule has 0 amide bonds. The summed E-state index contributed by atoms with van der Waals surface area (Å²) in [6, 6.07) is 0. The Morgan fingerprint density at radius 1 is 0.923 bits per heavy atom.